The zero-order valence-corrected chi connectivity index (χ0v) is 69.6. The molecule has 0 unspecified atom stereocenters. The predicted octanol–water partition coefficient (Wildman–Crippen LogP) is -2.87. The van der Waals surface area contributed by atoms with Gasteiger partial charge in [-0.3, -0.25) is 0 Å². The van der Waals surface area contributed by atoms with Crippen molar-refractivity contribution in [2.45, 2.75) is 249 Å². The van der Waals surface area contributed by atoms with Crippen LogP contribution in [-0.4, -0.2) is 71.6 Å². The largest absolute Gasteiger partial charge is 2.00 e. The van der Waals surface area contributed by atoms with Crippen LogP contribution in [0, 0.1) is 65.0 Å². The monoisotopic (exact) mass is 1720 g/mol. The summed E-state index contributed by atoms with van der Waals surface area (Å²) in [6.07, 6.45) is 0. The molecule has 0 aromatic carbocycles. The van der Waals surface area contributed by atoms with E-state index < -0.39 is 137 Å². The van der Waals surface area contributed by atoms with Crippen LogP contribution in [0.5, 0.6) is 0 Å². The molecule has 0 saturated heterocycles. The van der Waals surface area contributed by atoms with Crippen molar-refractivity contribution in [1.82, 2.24) is 0 Å². The van der Waals surface area contributed by atoms with Crippen LogP contribution in [0.4, 0.5) is 0 Å². The first kappa shape index (κ1) is 155. The van der Waals surface area contributed by atoms with E-state index in [0.717, 1.165) is 0 Å². The summed E-state index contributed by atoms with van der Waals surface area (Å²) in [7, 11) is 0. The molecule has 8 radical (unpaired) electrons. The topological polar surface area (TPSA) is 539 Å². The summed E-state index contributed by atoms with van der Waals surface area (Å²) in [5, 5.41) is 119. The van der Waals surface area contributed by atoms with Gasteiger partial charge in [-0.1, -0.05) is 249 Å². The molecule has 0 bridgehead atoms. The second kappa shape index (κ2) is 65.2. The summed E-state index contributed by atoms with van der Waals surface area (Å²) in [6.45, 7) is 57.6. The number of carbonyl (C=O) groups is 12. The first-order valence-electron chi connectivity index (χ1n) is 25.9. The minimum atomic E-state index is -1.01. The Morgan fingerprint density at radius 2 is 0.138 bits per heavy atom. The van der Waals surface area contributed by atoms with Crippen molar-refractivity contribution in [3.05, 3.63) is 0 Å². The van der Waals surface area contributed by atoms with Crippen molar-refractivity contribution in [2.24, 2.45) is 65.0 Å². The van der Waals surface area contributed by atoms with E-state index in [0.29, 0.717) is 0 Å². The fourth-order valence-corrected chi connectivity index (χ4v) is 0. The molecule has 26 nitrogen and oxygen atoms in total. The average Bonchev–Trinajstić information content (AvgIpc) is 3.16. The first-order chi connectivity index (χ1) is 35.3. The Hall–Kier alpha value is -2.39. The standard InChI is InChI=1S/12C5H10O2.8Co.2O/c12*1-5(2,3)4(6)7;;;;;;;;;;/h12*1-3H3,(H,6,7);;;;;;;;;;/q;;;;;;;;;;;;8*+2;2*-2/p-12. The number of carboxylic acid groups (broad SMARTS) is 12. The molecular formula is C60H108Co8O26. The van der Waals surface area contributed by atoms with Crippen LogP contribution in [-0.2, 0) is 203 Å². The molecule has 576 valence electrons. The Morgan fingerprint density at radius 3 is 0.138 bits per heavy atom. The maximum Gasteiger partial charge on any atom is 2.00 e. The van der Waals surface area contributed by atoms with Crippen molar-refractivity contribution in [3.63, 3.8) is 0 Å². The molecule has 94 heavy (non-hydrogen) atoms. The van der Waals surface area contributed by atoms with E-state index in [1.54, 1.807) is 249 Å². The van der Waals surface area contributed by atoms with Crippen molar-refractivity contribution in [2.75, 3.05) is 0 Å². The molecule has 0 N–H and O–H groups in total. The fraction of sp³-hybridized carbons (Fsp3) is 0.800. The van der Waals surface area contributed by atoms with Crippen LogP contribution in [0.15, 0.2) is 0 Å². The van der Waals surface area contributed by atoms with Crippen molar-refractivity contribution < 1.29 is 264 Å². The first-order valence-corrected chi connectivity index (χ1v) is 25.9. The van der Waals surface area contributed by atoms with Gasteiger partial charge in [-0.25, -0.2) is 0 Å². The van der Waals surface area contributed by atoms with Crippen LogP contribution >= 0.6 is 0 Å². The van der Waals surface area contributed by atoms with Gasteiger partial charge in [0.15, 0.2) is 0 Å². The van der Waals surface area contributed by atoms with E-state index in [-0.39, 0.29) is 145 Å². The fourth-order valence-electron chi connectivity index (χ4n) is 0. The maximum atomic E-state index is 9.91. The van der Waals surface area contributed by atoms with Gasteiger partial charge in [0.2, 0.25) is 0 Å². The molecule has 0 fully saturated rings. The molecule has 0 aliphatic carbocycles. The number of hydrogen-bond acceptors (Lipinski definition) is 24. The van der Waals surface area contributed by atoms with Crippen LogP contribution in [0.3, 0.4) is 0 Å². The van der Waals surface area contributed by atoms with Gasteiger partial charge in [0.05, 0.1) is 0 Å². The summed E-state index contributed by atoms with van der Waals surface area (Å²) in [5.41, 5.74) is -8.33. The van der Waals surface area contributed by atoms with Crippen LogP contribution < -0.4 is 61.3 Å². The van der Waals surface area contributed by atoms with E-state index in [9.17, 15) is 119 Å². The molecule has 0 rings (SSSR count). The second-order valence-corrected chi connectivity index (χ2v) is 30.4. The Bertz CT molecular complexity index is 1500. The van der Waals surface area contributed by atoms with E-state index in [1.165, 1.54) is 0 Å². The molecule has 0 heterocycles. The smallest absolute Gasteiger partial charge is 2.00 e. The van der Waals surface area contributed by atoms with Crippen LogP contribution in [0.25, 0.3) is 0 Å². The molecule has 0 amide bonds. The molecule has 0 aromatic rings. The van der Waals surface area contributed by atoms with Crippen molar-refractivity contribution in [1.29, 1.82) is 0 Å². The van der Waals surface area contributed by atoms with Crippen molar-refractivity contribution >= 4 is 71.6 Å². The van der Waals surface area contributed by atoms with E-state index in [1.807, 2.05) is 0 Å². The molecule has 34 heteroatoms. The third-order valence-corrected chi connectivity index (χ3v) is 7.35. The van der Waals surface area contributed by atoms with Gasteiger partial charge in [-0.2, -0.15) is 0 Å². The summed E-state index contributed by atoms with van der Waals surface area (Å²) < 4.78 is 0. The molecule has 0 aliphatic heterocycles. The quantitative estimate of drug-likeness (QED) is 0.235. The van der Waals surface area contributed by atoms with E-state index >= 15 is 0 Å². The Balaban J connectivity index is -0.0000000298. The third kappa shape index (κ3) is 145. The SMILES string of the molecule is CC(C)(C)C(=O)[O-].CC(C)(C)C(=O)[O-].CC(C)(C)C(=O)[O-].CC(C)(C)C(=O)[O-].CC(C)(C)C(=O)[O-].CC(C)(C)C(=O)[O-].CC(C)(C)C(=O)[O-].CC(C)(C)C(=O)[O-].CC(C)(C)C(=O)[O-].CC(C)(C)C(=O)[O-].CC(C)(C)C(=O)[O-].CC(C)(C)C(=O)[O-].[Co+2].[Co+2].[Co+2].[Co+2].[Co+2].[Co+2].[Co+2].[Co+2].[O-2].[O-2]. The van der Waals surface area contributed by atoms with Gasteiger partial charge in [0.1, 0.15) is 0 Å². The van der Waals surface area contributed by atoms with Gasteiger partial charge < -0.3 is 130 Å². The van der Waals surface area contributed by atoms with E-state index in [2.05, 4.69) is 0 Å². The predicted molar refractivity (Wildman–Crippen MR) is 295 cm³/mol. The van der Waals surface area contributed by atoms with Gasteiger partial charge >= 0.3 is 134 Å². The minimum Gasteiger partial charge on any atom is -2.00 e. The normalized spacial score (nSPS) is 10.1. The molecule has 0 spiro atoms. The van der Waals surface area contributed by atoms with Crippen LogP contribution in [0.1, 0.15) is 249 Å². The van der Waals surface area contributed by atoms with Gasteiger partial charge in [0.25, 0.3) is 0 Å². The number of carboxylic acids is 12. The van der Waals surface area contributed by atoms with Crippen molar-refractivity contribution in [3.8, 4) is 0 Å². The zero-order valence-electron chi connectivity index (χ0n) is 61.3. The van der Waals surface area contributed by atoms with Gasteiger partial charge in [-0.15, -0.1) is 0 Å². The Kier molecular flexibility index (Phi) is 108. The zero-order chi connectivity index (χ0) is 72.9. The number of aliphatic carboxylic acids is 12. The molecule has 0 aromatic heterocycles. The maximum absolute atomic E-state index is 9.91. The number of carbonyl (C=O) groups excluding carboxylic acids is 12. The molecule has 0 aliphatic rings. The van der Waals surface area contributed by atoms with Gasteiger partial charge in [-0.05, 0) is 0 Å². The molecule has 0 atom stereocenters. The number of hydrogen-bond donors (Lipinski definition) is 0. The molecule has 0 saturated carbocycles. The second-order valence-electron chi connectivity index (χ2n) is 30.4. The summed E-state index contributed by atoms with van der Waals surface area (Å²) in [6, 6.07) is 0. The van der Waals surface area contributed by atoms with Crippen LogP contribution in [0.2, 0.25) is 0 Å². The number of rotatable bonds is 0. The molecular weight excluding hydrogens is 1610 g/mol. The van der Waals surface area contributed by atoms with E-state index in [4.69, 9.17) is 0 Å². The average molecular weight is 1720 g/mol. The summed E-state index contributed by atoms with van der Waals surface area (Å²) >= 11 is 0. The Morgan fingerprint density at radius 1 is 0.128 bits per heavy atom. The Labute approximate surface area is 644 Å². The summed E-state index contributed by atoms with van der Waals surface area (Å²) in [5.74, 6) is -12.1. The summed E-state index contributed by atoms with van der Waals surface area (Å²) in [4.78, 5) is 119. The van der Waals surface area contributed by atoms with Gasteiger partial charge in [0, 0.05) is 137 Å². The minimum absolute atomic E-state index is 0. The third-order valence-electron chi connectivity index (χ3n) is 7.35.